The highest BCUT2D eigenvalue weighted by Gasteiger charge is 2.13. The fraction of sp³-hybridized carbons (Fsp3) is 0.538. The summed E-state index contributed by atoms with van der Waals surface area (Å²) in [6.45, 7) is 8.73. The first-order valence-electron chi connectivity index (χ1n) is 5.21. The smallest absolute Gasteiger partial charge is 0.0322 e. The van der Waals surface area contributed by atoms with Gasteiger partial charge in [-0.1, -0.05) is 38.1 Å². The molecule has 0 N–H and O–H groups in total. The van der Waals surface area contributed by atoms with Gasteiger partial charge in [-0.25, -0.2) is 0 Å². The average Bonchev–Trinajstić information content (AvgIpc) is 2.02. The van der Waals surface area contributed by atoms with Crippen LogP contribution in [0.5, 0.6) is 0 Å². The standard InChI is InChI=1S/C13H20S/c1-10(2)9-11-5-7-12(8-6-11)13(3,4)14/h5-8,10,14H,9H2,1-4H3. The third kappa shape index (κ3) is 3.38. The third-order valence-corrected chi connectivity index (χ3v) is 2.56. The topological polar surface area (TPSA) is 0 Å². The minimum absolute atomic E-state index is 0.0314. The van der Waals surface area contributed by atoms with E-state index in [1.54, 1.807) is 0 Å². The first kappa shape index (κ1) is 11.6. The van der Waals surface area contributed by atoms with E-state index >= 15 is 0 Å². The molecule has 0 saturated heterocycles. The molecule has 0 aliphatic heterocycles. The van der Waals surface area contributed by atoms with Crippen LogP contribution in [0.25, 0.3) is 0 Å². The van der Waals surface area contributed by atoms with Gasteiger partial charge < -0.3 is 0 Å². The number of rotatable bonds is 3. The van der Waals surface area contributed by atoms with Gasteiger partial charge in [0.15, 0.2) is 0 Å². The lowest BCUT2D eigenvalue weighted by Crippen LogP contribution is -2.07. The normalized spacial score (nSPS) is 12.1. The summed E-state index contributed by atoms with van der Waals surface area (Å²) in [5.74, 6) is 0.727. The lowest BCUT2D eigenvalue weighted by atomic mass is 9.97. The van der Waals surface area contributed by atoms with Crippen molar-refractivity contribution < 1.29 is 0 Å². The largest absolute Gasteiger partial charge is 0.168 e. The van der Waals surface area contributed by atoms with Crippen LogP contribution >= 0.6 is 12.6 Å². The van der Waals surface area contributed by atoms with E-state index < -0.39 is 0 Å². The van der Waals surface area contributed by atoms with Crippen molar-refractivity contribution in [2.75, 3.05) is 0 Å². The molecule has 0 nitrogen and oxygen atoms in total. The zero-order chi connectivity index (χ0) is 10.8. The van der Waals surface area contributed by atoms with Crippen LogP contribution in [-0.4, -0.2) is 0 Å². The highest BCUT2D eigenvalue weighted by Crippen LogP contribution is 2.27. The summed E-state index contributed by atoms with van der Waals surface area (Å²) in [5.41, 5.74) is 2.70. The quantitative estimate of drug-likeness (QED) is 0.712. The molecule has 0 fully saturated rings. The van der Waals surface area contributed by atoms with Gasteiger partial charge in [0.25, 0.3) is 0 Å². The molecule has 0 spiro atoms. The van der Waals surface area contributed by atoms with E-state index in [-0.39, 0.29) is 4.75 Å². The van der Waals surface area contributed by atoms with Crippen LogP contribution in [0.3, 0.4) is 0 Å². The summed E-state index contributed by atoms with van der Waals surface area (Å²) in [5, 5.41) is 0. The molecule has 1 heteroatoms. The predicted octanol–water partition coefficient (Wildman–Crippen LogP) is 4.05. The second-order valence-electron chi connectivity index (χ2n) is 4.85. The van der Waals surface area contributed by atoms with Gasteiger partial charge in [0.2, 0.25) is 0 Å². The van der Waals surface area contributed by atoms with Crippen molar-refractivity contribution in [1.82, 2.24) is 0 Å². The highest BCUT2D eigenvalue weighted by molar-refractivity contribution is 7.81. The van der Waals surface area contributed by atoms with Crippen molar-refractivity contribution in [1.29, 1.82) is 0 Å². The summed E-state index contributed by atoms with van der Waals surface area (Å²) in [6, 6.07) is 8.80. The molecule has 0 bridgehead atoms. The second kappa shape index (κ2) is 4.39. The first-order chi connectivity index (χ1) is 6.39. The lowest BCUT2D eigenvalue weighted by Gasteiger charge is -2.18. The van der Waals surface area contributed by atoms with Crippen LogP contribution in [0.1, 0.15) is 38.8 Å². The van der Waals surface area contributed by atoms with Crippen LogP contribution in [-0.2, 0) is 11.2 Å². The Balaban J connectivity index is 2.79. The highest BCUT2D eigenvalue weighted by atomic mass is 32.1. The second-order valence-corrected chi connectivity index (χ2v) is 5.97. The first-order valence-corrected chi connectivity index (χ1v) is 5.66. The van der Waals surface area contributed by atoms with E-state index in [1.165, 1.54) is 11.1 Å². The van der Waals surface area contributed by atoms with Crippen molar-refractivity contribution in [2.45, 2.75) is 38.9 Å². The van der Waals surface area contributed by atoms with Gasteiger partial charge >= 0.3 is 0 Å². The van der Waals surface area contributed by atoms with Crippen molar-refractivity contribution in [2.24, 2.45) is 5.92 Å². The molecule has 0 aliphatic rings. The van der Waals surface area contributed by atoms with E-state index in [1.807, 2.05) is 0 Å². The molecule has 1 rings (SSSR count). The van der Waals surface area contributed by atoms with E-state index in [2.05, 4.69) is 64.6 Å². The molecule has 1 aromatic carbocycles. The van der Waals surface area contributed by atoms with Gasteiger partial charge in [-0.15, -0.1) is 0 Å². The maximum Gasteiger partial charge on any atom is 0.0322 e. The van der Waals surface area contributed by atoms with Gasteiger partial charge in [0.05, 0.1) is 0 Å². The zero-order valence-electron chi connectivity index (χ0n) is 9.54. The Hall–Kier alpha value is -0.430. The Morgan fingerprint density at radius 3 is 2.00 bits per heavy atom. The molecule has 1 aromatic rings. The Bertz CT molecular complexity index is 277. The van der Waals surface area contributed by atoms with Crippen molar-refractivity contribution in [3.63, 3.8) is 0 Å². The van der Waals surface area contributed by atoms with Gasteiger partial charge in [-0.05, 0) is 37.3 Å². The number of thiol groups is 1. The molecule has 0 saturated carbocycles. The summed E-state index contributed by atoms with van der Waals surface area (Å²) >= 11 is 4.55. The fourth-order valence-corrected chi connectivity index (χ4v) is 1.67. The van der Waals surface area contributed by atoms with Gasteiger partial charge in [0.1, 0.15) is 0 Å². The lowest BCUT2D eigenvalue weighted by molar-refractivity contribution is 0.646. The molecule has 0 atom stereocenters. The van der Waals surface area contributed by atoms with Crippen molar-refractivity contribution in [3.8, 4) is 0 Å². The van der Waals surface area contributed by atoms with Crippen LogP contribution in [0, 0.1) is 5.92 Å². The Labute approximate surface area is 93.1 Å². The third-order valence-electron chi connectivity index (χ3n) is 2.30. The predicted molar refractivity (Wildman–Crippen MR) is 67.0 cm³/mol. The molecule has 0 unspecified atom stereocenters. The fourth-order valence-electron chi connectivity index (χ4n) is 1.52. The van der Waals surface area contributed by atoms with E-state index in [4.69, 9.17) is 0 Å². The minimum Gasteiger partial charge on any atom is -0.168 e. The van der Waals surface area contributed by atoms with Gasteiger partial charge in [0, 0.05) is 4.75 Å². The molecule has 0 aromatic heterocycles. The molecular formula is C13H20S. The number of hydrogen-bond acceptors (Lipinski definition) is 1. The molecule has 14 heavy (non-hydrogen) atoms. The Morgan fingerprint density at radius 1 is 1.14 bits per heavy atom. The number of benzene rings is 1. The average molecular weight is 208 g/mol. The maximum atomic E-state index is 4.55. The SMILES string of the molecule is CC(C)Cc1ccc(C(C)(C)S)cc1. The molecule has 0 heterocycles. The molecule has 0 aliphatic carbocycles. The van der Waals surface area contributed by atoms with Crippen molar-refractivity contribution >= 4 is 12.6 Å². The maximum absolute atomic E-state index is 4.55. The van der Waals surface area contributed by atoms with Crippen LogP contribution in [0.2, 0.25) is 0 Å². The Morgan fingerprint density at radius 2 is 1.64 bits per heavy atom. The van der Waals surface area contributed by atoms with Crippen molar-refractivity contribution in [3.05, 3.63) is 35.4 Å². The monoisotopic (exact) mass is 208 g/mol. The van der Waals surface area contributed by atoms with E-state index in [9.17, 15) is 0 Å². The molecular weight excluding hydrogens is 188 g/mol. The zero-order valence-corrected chi connectivity index (χ0v) is 10.4. The number of hydrogen-bond donors (Lipinski definition) is 1. The summed E-state index contributed by atoms with van der Waals surface area (Å²) in [7, 11) is 0. The summed E-state index contributed by atoms with van der Waals surface area (Å²) in [6.07, 6.45) is 1.16. The van der Waals surface area contributed by atoms with Crippen LogP contribution < -0.4 is 0 Å². The van der Waals surface area contributed by atoms with Gasteiger partial charge in [-0.3, -0.25) is 0 Å². The van der Waals surface area contributed by atoms with Crippen LogP contribution in [0.15, 0.2) is 24.3 Å². The minimum atomic E-state index is -0.0314. The van der Waals surface area contributed by atoms with E-state index in [0.717, 1.165) is 12.3 Å². The summed E-state index contributed by atoms with van der Waals surface area (Å²) < 4.78 is -0.0314. The van der Waals surface area contributed by atoms with Crippen LogP contribution in [0.4, 0.5) is 0 Å². The molecule has 78 valence electrons. The summed E-state index contributed by atoms with van der Waals surface area (Å²) in [4.78, 5) is 0. The molecule has 0 amide bonds. The van der Waals surface area contributed by atoms with E-state index in [0.29, 0.717) is 0 Å². The van der Waals surface area contributed by atoms with Gasteiger partial charge in [-0.2, -0.15) is 12.6 Å². The molecule has 0 radical (unpaired) electrons. The Kier molecular flexibility index (Phi) is 3.65.